The Morgan fingerprint density at radius 1 is 1.20 bits per heavy atom. The Balaban J connectivity index is 1.97. The normalized spacial score (nSPS) is 19.4. The minimum Gasteiger partial charge on any atom is -0.465 e. The molecule has 2 atom stereocenters. The smallest absolute Gasteiger partial charge is 0.317 e. The van der Waals surface area contributed by atoms with Crippen molar-refractivity contribution in [2.24, 2.45) is 10.9 Å². The Hall–Kier alpha value is -3.02. The predicted octanol–water partition coefficient (Wildman–Crippen LogP) is 3.31. The van der Waals surface area contributed by atoms with Crippen LogP contribution >= 0.6 is 0 Å². The summed E-state index contributed by atoms with van der Waals surface area (Å²) in [6.07, 6.45) is 3.47. The van der Waals surface area contributed by atoms with Gasteiger partial charge in [-0.2, -0.15) is 0 Å². The van der Waals surface area contributed by atoms with Crippen molar-refractivity contribution >= 4 is 28.7 Å². The molecule has 0 fully saturated rings. The number of pyridine rings is 1. The van der Waals surface area contributed by atoms with Crippen LogP contribution in [0.1, 0.15) is 25.5 Å². The van der Waals surface area contributed by atoms with Crippen LogP contribution in [0.15, 0.2) is 53.8 Å². The molecule has 1 aromatic carbocycles. The van der Waals surface area contributed by atoms with Gasteiger partial charge in [0.2, 0.25) is 5.95 Å². The molecule has 0 aliphatic carbocycles. The van der Waals surface area contributed by atoms with E-state index in [0.717, 1.165) is 16.6 Å². The third-order valence-corrected chi connectivity index (χ3v) is 4.49. The second-order valence-electron chi connectivity index (χ2n) is 5.98. The van der Waals surface area contributed by atoms with Crippen LogP contribution < -0.4 is 0 Å². The second kappa shape index (κ2) is 6.12. The minimum absolute atomic E-state index is 0.262. The van der Waals surface area contributed by atoms with Crippen molar-refractivity contribution in [3.8, 4) is 0 Å². The first-order valence-corrected chi connectivity index (χ1v) is 8.29. The van der Waals surface area contributed by atoms with E-state index >= 15 is 0 Å². The highest BCUT2D eigenvalue weighted by Crippen LogP contribution is 2.39. The molecule has 0 saturated carbocycles. The molecule has 3 heterocycles. The Labute approximate surface area is 145 Å². The van der Waals surface area contributed by atoms with Crippen LogP contribution in [-0.4, -0.2) is 32.8 Å². The third-order valence-electron chi connectivity index (χ3n) is 4.49. The SMILES string of the molecule is CCOC(=O)C1C(C)=Nc2nc3ccccc3n2C1c1ccncc1. The molecule has 2 aromatic heterocycles. The lowest BCUT2D eigenvalue weighted by Crippen LogP contribution is -2.36. The topological polar surface area (TPSA) is 69.4 Å². The van der Waals surface area contributed by atoms with E-state index in [4.69, 9.17) is 4.74 Å². The molecule has 0 radical (unpaired) electrons. The number of ether oxygens (including phenoxy) is 1. The van der Waals surface area contributed by atoms with Gasteiger partial charge in [0.1, 0.15) is 5.92 Å². The lowest BCUT2D eigenvalue weighted by molar-refractivity contribution is -0.146. The summed E-state index contributed by atoms with van der Waals surface area (Å²) >= 11 is 0. The van der Waals surface area contributed by atoms with E-state index < -0.39 is 5.92 Å². The molecular formula is C19H18N4O2. The maximum Gasteiger partial charge on any atom is 0.317 e. The van der Waals surface area contributed by atoms with Gasteiger partial charge in [-0.15, -0.1) is 0 Å². The summed E-state index contributed by atoms with van der Waals surface area (Å²) in [4.78, 5) is 26.0. The molecule has 0 bridgehead atoms. The van der Waals surface area contributed by atoms with Gasteiger partial charge < -0.3 is 4.74 Å². The van der Waals surface area contributed by atoms with Crippen molar-refractivity contribution in [1.82, 2.24) is 14.5 Å². The van der Waals surface area contributed by atoms with Crippen molar-refractivity contribution in [3.63, 3.8) is 0 Å². The molecule has 2 unspecified atom stereocenters. The molecule has 4 rings (SSSR count). The number of nitrogens with zero attached hydrogens (tertiary/aromatic N) is 4. The number of para-hydroxylation sites is 2. The first-order chi connectivity index (χ1) is 12.2. The van der Waals surface area contributed by atoms with E-state index in [9.17, 15) is 4.79 Å². The van der Waals surface area contributed by atoms with Gasteiger partial charge in [-0.3, -0.25) is 14.3 Å². The molecule has 1 aliphatic rings. The zero-order valence-corrected chi connectivity index (χ0v) is 14.1. The van der Waals surface area contributed by atoms with Gasteiger partial charge >= 0.3 is 5.97 Å². The number of carbonyl (C=O) groups excluding carboxylic acids is 1. The van der Waals surface area contributed by atoms with E-state index in [0.29, 0.717) is 18.3 Å². The number of hydrogen-bond acceptors (Lipinski definition) is 5. The van der Waals surface area contributed by atoms with Crippen LogP contribution in [0.4, 0.5) is 5.95 Å². The Kier molecular flexibility index (Phi) is 3.80. The van der Waals surface area contributed by atoms with E-state index in [1.165, 1.54) is 0 Å². The summed E-state index contributed by atoms with van der Waals surface area (Å²) in [7, 11) is 0. The molecule has 6 nitrogen and oxygen atoms in total. The molecule has 126 valence electrons. The molecule has 3 aromatic rings. The van der Waals surface area contributed by atoms with Crippen molar-refractivity contribution < 1.29 is 9.53 Å². The van der Waals surface area contributed by atoms with E-state index in [1.807, 2.05) is 54.8 Å². The Morgan fingerprint density at radius 2 is 1.96 bits per heavy atom. The number of imidazole rings is 1. The first kappa shape index (κ1) is 15.5. The van der Waals surface area contributed by atoms with Gasteiger partial charge in [0, 0.05) is 18.1 Å². The highest BCUT2D eigenvalue weighted by atomic mass is 16.5. The number of benzene rings is 1. The number of fused-ring (bicyclic) bond motifs is 3. The van der Waals surface area contributed by atoms with Crippen molar-refractivity contribution in [2.75, 3.05) is 6.61 Å². The van der Waals surface area contributed by atoms with E-state index in [-0.39, 0.29) is 12.0 Å². The molecule has 6 heteroatoms. The lowest BCUT2D eigenvalue weighted by Gasteiger charge is -2.31. The molecular weight excluding hydrogens is 316 g/mol. The average Bonchev–Trinajstić information content (AvgIpc) is 2.99. The van der Waals surface area contributed by atoms with Crippen LogP contribution in [0, 0.1) is 5.92 Å². The van der Waals surface area contributed by atoms with E-state index in [2.05, 4.69) is 15.0 Å². The van der Waals surface area contributed by atoms with Crippen LogP contribution in [0.3, 0.4) is 0 Å². The molecule has 0 amide bonds. The van der Waals surface area contributed by atoms with Gasteiger partial charge in [-0.25, -0.2) is 9.98 Å². The van der Waals surface area contributed by atoms with Crippen molar-refractivity contribution in [2.45, 2.75) is 19.9 Å². The zero-order valence-electron chi connectivity index (χ0n) is 14.1. The lowest BCUT2D eigenvalue weighted by atomic mass is 9.88. The molecule has 25 heavy (non-hydrogen) atoms. The summed E-state index contributed by atoms with van der Waals surface area (Å²) in [5, 5.41) is 0. The van der Waals surface area contributed by atoms with E-state index in [1.54, 1.807) is 12.4 Å². The number of hydrogen-bond donors (Lipinski definition) is 0. The summed E-state index contributed by atoms with van der Waals surface area (Å²) in [6, 6.07) is 11.4. The van der Waals surface area contributed by atoms with Crippen LogP contribution in [0.2, 0.25) is 0 Å². The standard InChI is InChI=1S/C19H18N4O2/c1-3-25-18(24)16-12(2)21-19-22-14-6-4-5-7-15(14)23(19)17(16)13-8-10-20-11-9-13/h4-11,16-17H,3H2,1-2H3. The number of aromatic nitrogens is 3. The molecule has 0 N–H and O–H groups in total. The summed E-state index contributed by atoms with van der Waals surface area (Å²) < 4.78 is 7.37. The maximum atomic E-state index is 12.7. The molecule has 0 spiro atoms. The largest absolute Gasteiger partial charge is 0.465 e. The Morgan fingerprint density at radius 3 is 2.72 bits per heavy atom. The number of carbonyl (C=O) groups is 1. The predicted molar refractivity (Wildman–Crippen MR) is 95.0 cm³/mol. The highest BCUT2D eigenvalue weighted by molar-refractivity contribution is 6.04. The number of aliphatic imine (C=N–C) groups is 1. The van der Waals surface area contributed by atoms with Gasteiger partial charge in [-0.05, 0) is 43.7 Å². The summed E-state index contributed by atoms with van der Waals surface area (Å²) in [6.45, 7) is 4.01. The first-order valence-electron chi connectivity index (χ1n) is 8.29. The number of esters is 1. The summed E-state index contributed by atoms with van der Waals surface area (Å²) in [5.74, 6) is -0.150. The third kappa shape index (κ3) is 2.50. The van der Waals surface area contributed by atoms with Crippen LogP contribution in [0.25, 0.3) is 11.0 Å². The van der Waals surface area contributed by atoms with Crippen LogP contribution in [0.5, 0.6) is 0 Å². The second-order valence-corrected chi connectivity index (χ2v) is 5.98. The van der Waals surface area contributed by atoms with Crippen LogP contribution in [-0.2, 0) is 9.53 Å². The monoisotopic (exact) mass is 334 g/mol. The van der Waals surface area contributed by atoms with Gasteiger partial charge in [0.05, 0.1) is 23.7 Å². The molecule has 1 aliphatic heterocycles. The van der Waals surface area contributed by atoms with Crippen molar-refractivity contribution in [3.05, 3.63) is 54.4 Å². The van der Waals surface area contributed by atoms with Crippen molar-refractivity contribution in [1.29, 1.82) is 0 Å². The van der Waals surface area contributed by atoms with Gasteiger partial charge in [-0.1, -0.05) is 12.1 Å². The Bertz CT molecular complexity index is 962. The fraction of sp³-hybridized carbons (Fsp3) is 0.263. The fourth-order valence-electron chi connectivity index (χ4n) is 3.42. The minimum atomic E-state index is -0.493. The fourth-order valence-corrected chi connectivity index (χ4v) is 3.42. The maximum absolute atomic E-state index is 12.7. The average molecular weight is 334 g/mol. The molecule has 0 saturated heterocycles. The van der Waals surface area contributed by atoms with Gasteiger partial charge in [0.25, 0.3) is 0 Å². The summed E-state index contributed by atoms with van der Waals surface area (Å²) in [5.41, 5.74) is 3.50. The highest BCUT2D eigenvalue weighted by Gasteiger charge is 2.39. The number of rotatable bonds is 3. The zero-order chi connectivity index (χ0) is 17.4. The van der Waals surface area contributed by atoms with Gasteiger partial charge in [0.15, 0.2) is 0 Å². The quantitative estimate of drug-likeness (QED) is 0.689.